The van der Waals surface area contributed by atoms with Gasteiger partial charge in [-0.2, -0.15) is 0 Å². The third-order valence-corrected chi connectivity index (χ3v) is 3.06. The SMILES string of the molecule is Cc1cc(F)ccc1CCNC(=O)[C@H](N)CC(C)C. The molecule has 19 heavy (non-hydrogen) atoms. The third kappa shape index (κ3) is 5.39. The van der Waals surface area contributed by atoms with Crippen LogP contribution in [-0.2, 0) is 11.2 Å². The van der Waals surface area contributed by atoms with Gasteiger partial charge in [0.25, 0.3) is 0 Å². The summed E-state index contributed by atoms with van der Waals surface area (Å²) in [4.78, 5) is 11.7. The molecule has 1 rings (SSSR count). The molecule has 3 N–H and O–H groups in total. The number of benzene rings is 1. The molecule has 1 aromatic rings. The molecular formula is C15H23FN2O. The maximum atomic E-state index is 12.9. The number of rotatable bonds is 6. The summed E-state index contributed by atoms with van der Waals surface area (Å²) in [6.07, 6.45) is 1.37. The zero-order valence-corrected chi connectivity index (χ0v) is 11.9. The van der Waals surface area contributed by atoms with Crippen LogP contribution in [0.5, 0.6) is 0 Å². The van der Waals surface area contributed by atoms with Crippen LogP contribution in [0.1, 0.15) is 31.4 Å². The van der Waals surface area contributed by atoms with Gasteiger partial charge in [-0.15, -0.1) is 0 Å². The Morgan fingerprint density at radius 1 is 1.42 bits per heavy atom. The average molecular weight is 266 g/mol. The molecule has 0 aliphatic carbocycles. The molecule has 0 fully saturated rings. The van der Waals surface area contributed by atoms with Crippen molar-refractivity contribution in [3.8, 4) is 0 Å². The Balaban J connectivity index is 2.39. The van der Waals surface area contributed by atoms with E-state index >= 15 is 0 Å². The molecule has 1 atom stereocenters. The summed E-state index contributed by atoms with van der Waals surface area (Å²) in [5.41, 5.74) is 7.73. The van der Waals surface area contributed by atoms with Crippen LogP contribution in [0, 0.1) is 18.7 Å². The zero-order chi connectivity index (χ0) is 14.4. The summed E-state index contributed by atoms with van der Waals surface area (Å²) in [6.45, 7) is 6.46. The highest BCUT2D eigenvalue weighted by molar-refractivity contribution is 5.81. The molecular weight excluding hydrogens is 243 g/mol. The lowest BCUT2D eigenvalue weighted by Crippen LogP contribution is -2.42. The summed E-state index contributed by atoms with van der Waals surface area (Å²) >= 11 is 0. The molecule has 1 amide bonds. The summed E-state index contributed by atoms with van der Waals surface area (Å²) in [5.74, 6) is 0.0535. The molecule has 0 saturated carbocycles. The second-order valence-electron chi connectivity index (χ2n) is 5.35. The maximum Gasteiger partial charge on any atom is 0.236 e. The van der Waals surface area contributed by atoms with Crippen LogP contribution in [0.3, 0.4) is 0 Å². The number of amides is 1. The van der Waals surface area contributed by atoms with Gasteiger partial charge in [-0.25, -0.2) is 4.39 Å². The van der Waals surface area contributed by atoms with Gasteiger partial charge in [0.05, 0.1) is 6.04 Å². The van der Waals surface area contributed by atoms with Gasteiger partial charge in [-0.1, -0.05) is 19.9 Å². The average Bonchev–Trinajstić information content (AvgIpc) is 2.30. The van der Waals surface area contributed by atoms with Gasteiger partial charge in [-0.3, -0.25) is 4.79 Å². The van der Waals surface area contributed by atoms with Crippen LogP contribution < -0.4 is 11.1 Å². The second-order valence-corrected chi connectivity index (χ2v) is 5.35. The maximum absolute atomic E-state index is 12.9. The number of nitrogens with two attached hydrogens (primary N) is 1. The van der Waals surface area contributed by atoms with Gasteiger partial charge >= 0.3 is 0 Å². The van der Waals surface area contributed by atoms with Crippen LogP contribution in [0.25, 0.3) is 0 Å². The standard InChI is InChI=1S/C15H23FN2O/c1-10(2)8-14(17)15(19)18-7-6-12-4-5-13(16)9-11(12)3/h4-5,9-10,14H,6-8,17H2,1-3H3,(H,18,19)/t14-/m1/s1. The van der Waals surface area contributed by atoms with Gasteiger partial charge < -0.3 is 11.1 Å². The first-order valence-electron chi connectivity index (χ1n) is 6.68. The van der Waals surface area contributed by atoms with Crippen molar-refractivity contribution in [2.45, 2.75) is 39.7 Å². The van der Waals surface area contributed by atoms with Crippen molar-refractivity contribution >= 4 is 5.91 Å². The Kier molecular flexibility index (Phi) is 5.96. The van der Waals surface area contributed by atoms with E-state index in [9.17, 15) is 9.18 Å². The molecule has 0 radical (unpaired) electrons. The smallest absolute Gasteiger partial charge is 0.236 e. The summed E-state index contributed by atoms with van der Waals surface area (Å²) in [7, 11) is 0. The minimum Gasteiger partial charge on any atom is -0.354 e. The highest BCUT2D eigenvalue weighted by Gasteiger charge is 2.14. The minimum absolute atomic E-state index is 0.117. The summed E-state index contributed by atoms with van der Waals surface area (Å²) in [5, 5.41) is 2.82. The van der Waals surface area contributed by atoms with Gasteiger partial charge in [0.2, 0.25) is 5.91 Å². The van der Waals surface area contributed by atoms with Gasteiger partial charge in [0.15, 0.2) is 0 Å². The van der Waals surface area contributed by atoms with Crippen molar-refractivity contribution in [1.82, 2.24) is 5.32 Å². The Morgan fingerprint density at radius 3 is 2.68 bits per heavy atom. The minimum atomic E-state index is -0.450. The van der Waals surface area contributed by atoms with E-state index in [1.165, 1.54) is 12.1 Å². The van der Waals surface area contributed by atoms with E-state index in [1.54, 1.807) is 6.07 Å². The van der Waals surface area contributed by atoms with Crippen LogP contribution in [0.2, 0.25) is 0 Å². The van der Waals surface area contributed by atoms with Crippen molar-refractivity contribution < 1.29 is 9.18 Å². The first kappa shape index (κ1) is 15.6. The predicted molar refractivity (Wildman–Crippen MR) is 75.3 cm³/mol. The van der Waals surface area contributed by atoms with E-state index in [4.69, 9.17) is 5.73 Å². The van der Waals surface area contributed by atoms with Crippen molar-refractivity contribution in [2.75, 3.05) is 6.54 Å². The van der Waals surface area contributed by atoms with Gasteiger partial charge in [0, 0.05) is 6.54 Å². The number of carbonyl (C=O) groups excluding carboxylic acids is 1. The predicted octanol–water partition coefficient (Wildman–Crippen LogP) is 2.17. The molecule has 0 unspecified atom stereocenters. The van der Waals surface area contributed by atoms with E-state index < -0.39 is 6.04 Å². The molecule has 0 spiro atoms. The van der Waals surface area contributed by atoms with E-state index in [2.05, 4.69) is 5.32 Å². The molecule has 4 heteroatoms. The fourth-order valence-electron chi connectivity index (χ4n) is 2.01. The zero-order valence-electron chi connectivity index (χ0n) is 11.9. The van der Waals surface area contributed by atoms with E-state index in [0.717, 1.165) is 11.1 Å². The van der Waals surface area contributed by atoms with Crippen LogP contribution in [-0.4, -0.2) is 18.5 Å². The topological polar surface area (TPSA) is 55.1 Å². The molecule has 0 heterocycles. The quantitative estimate of drug-likeness (QED) is 0.829. The molecule has 0 aliphatic heterocycles. The largest absolute Gasteiger partial charge is 0.354 e. The molecule has 106 valence electrons. The number of hydrogen-bond donors (Lipinski definition) is 2. The summed E-state index contributed by atoms with van der Waals surface area (Å²) in [6, 6.07) is 4.25. The highest BCUT2D eigenvalue weighted by Crippen LogP contribution is 2.10. The van der Waals surface area contributed by atoms with Crippen molar-refractivity contribution in [2.24, 2.45) is 11.7 Å². The van der Waals surface area contributed by atoms with E-state index in [-0.39, 0.29) is 11.7 Å². The van der Waals surface area contributed by atoms with Crippen LogP contribution in [0.4, 0.5) is 4.39 Å². The number of hydrogen-bond acceptors (Lipinski definition) is 2. The van der Waals surface area contributed by atoms with Crippen LogP contribution >= 0.6 is 0 Å². The monoisotopic (exact) mass is 266 g/mol. The van der Waals surface area contributed by atoms with Crippen molar-refractivity contribution in [3.63, 3.8) is 0 Å². The Hall–Kier alpha value is -1.42. The lowest BCUT2D eigenvalue weighted by molar-refractivity contribution is -0.122. The number of halogens is 1. The second kappa shape index (κ2) is 7.24. The number of aryl methyl sites for hydroxylation is 1. The molecule has 0 aromatic heterocycles. The molecule has 0 aliphatic rings. The lowest BCUT2D eigenvalue weighted by Gasteiger charge is -2.14. The fourth-order valence-corrected chi connectivity index (χ4v) is 2.01. The summed E-state index contributed by atoms with van der Waals surface area (Å²) < 4.78 is 12.9. The molecule has 1 aromatic carbocycles. The number of nitrogens with one attached hydrogen (secondary N) is 1. The highest BCUT2D eigenvalue weighted by atomic mass is 19.1. The number of carbonyl (C=O) groups is 1. The van der Waals surface area contributed by atoms with Gasteiger partial charge in [0.1, 0.15) is 5.82 Å². The Bertz CT molecular complexity index is 432. The van der Waals surface area contributed by atoms with E-state index in [0.29, 0.717) is 25.3 Å². The van der Waals surface area contributed by atoms with Crippen molar-refractivity contribution in [1.29, 1.82) is 0 Å². The Labute approximate surface area is 114 Å². The normalized spacial score (nSPS) is 12.5. The van der Waals surface area contributed by atoms with Crippen LogP contribution in [0.15, 0.2) is 18.2 Å². The Morgan fingerprint density at radius 2 is 2.11 bits per heavy atom. The fraction of sp³-hybridized carbons (Fsp3) is 0.533. The first-order chi connectivity index (χ1) is 8.90. The molecule has 0 bridgehead atoms. The molecule has 0 saturated heterocycles. The van der Waals surface area contributed by atoms with Crippen molar-refractivity contribution in [3.05, 3.63) is 35.1 Å². The van der Waals surface area contributed by atoms with Gasteiger partial charge in [-0.05, 0) is 48.9 Å². The molecule has 3 nitrogen and oxygen atoms in total. The van der Waals surface area contributed by atoms with E-state index in [1.807, 2.05) is 20.8 Å². The third-order valence-electron chi connectivity index (χ3n) is 3.06. The first-order valence-corrected chi connectivity index (χ1v) is 6.68. The lowest BCUT2D eigenvalue weighted by atomic mass is 10.0.